The van der Waals surface area contributed by atoms with Crippen molar-refractivity contribution in [3.63, 3.8) is 0 Å². The number of hydrogen-bond donors (Lipinski definition) is 2. The summed E-state index contributed by atoms with van der Waals surface area (Å²) in [5.74, 6) is -0.233. The van der Waals surface area contributed by atoms with Crippen LogP contribution in [0.15, 0.2) is 24.3 Å². The summed E-state index contributed by atoms with van der Waals surface area (Å²) >= 11 is 3.39. The van der Waals surface area contributed by atoms with Gasteiger partial charge in [0.2, 0.25) is 0 Å². The Labute approximate surface area is 104 Å². The number of phenolic OH excluding ortho intramolecular Hbond substituents is 1. The first-order valence-electron chi connectivity index (χ1n) is 5.08. The predicted octanol–water partition coefficient (Wildman–Crippen LogP) is 2.54. The number of carbonyl (C=O) groups is 1. The van der Waals surface area contributed by atoms with Crippen molar-refractivity contribution in [1.82, 2.24) is 5.32 Å². The van der Waals surface area contributed by atoms with Crippen LogP contribution in [0, 0.1) is 5.41 Å². The maximum absolute atomic E-state index is 11.7. The van der Waals surface area contributed by atoms with Gasteiger partial charge in [0.1, 0.15) is 5.75 Å². The van der Waals surface area contributed by atoms with Gasteiger partial charge in [-0.15, -0.1) is 0 Å². The number of halogens is 1. The van der Waals surface area contributed by atoms with Gasteiger partial charge in [-0.1, -0.05) is 41.9 Å². The highest BCUT2D eigenvalue weighted by molar-refractivity contribution is 9.09. The van der Waals surface area contributed by atoms with Crippen molar-refractivity contribution in [2.75, 3.05) is 11.9 Å². The van der Waals surface area contributed by atoms with E-state index in [2.05, 4.69) is 21.2 Å². The van der Waals surface area contributed by atoms with Crippen molar-refractivity contribution in [1.29, 1.82) is 0 Å². The molecule has 0 heterocycles. The summed E-state index contributed by atoms with van der Waals surface area (Å²) in [7, 11) is 0. The van der Waals surface area contributed by atoms with Gasteiger partial charge in [0, 0.05) is 11.9 Å². The Morgan fingerprint density at radius 1 is 1.44 bits per heavy atom. The molecule has 1 aromatic carbocycles. The highest BCUT2D eigenvalue weighted by atomic mass is 79.9. The van der Waals surface area contributed by atoms with Gasteiger partial charge >= 0.3 is 0 Å². The summed E-state index contributed by atoms with van der Waals surface area (Å²) in [5.41, 5.74) is 0.313. The Bertz CT molecular complexity index is 377. The lowest BCUT2D eigenvalue weighted by molar-refractivity contribution is 0.0937. The molecular weight excluding hydrogens is 270 g/mol. The van der Waals surface area contributed by atoms with Crippen molar-refractivity contribution in [3.05, 3.63) is 29.8 Å². The van der Waals surface area contributed by atoms with E-state index < -0.39 is 0 Å². The van der Waals surface area contributed by atoms with Crippen molar-refractivity contribution in [2.45, 2.75) is 13.8 Å². The third kappa shape index (κ3) is 3.52. The van der Waals surface area contributed by atoms with Gasteiger partial charge in [-0.25, -0.2) is 0 Å². The molecule has 0 radical (unpaired) electrons. The number of hydrogen-bond acceptors (Lipinski definition) is 2. The van der Waals surface area contributed by atoms with Gasteiger partial charge < -0.3 is 10.4 Å². The van der Waals surface area contributed by atoms with Crippen LogP contribution in [0.2, 0.25) is 0 Å². The molecule has 0 unspecified atom stereocenters. The number of para-hydroxylation sites is 1. The van der Waals surface area contributed by atoms with E-state index in [1.165, 1.54) is 6.07 Å². The molecule has 3 nitrogen and oxygen atoms in total. The summed E-state index contributed by atoms with van der Waals surface area (Å²) in [4.78, 5) is 11.7. The lowest BCUT2D eigenvalue weighted by Crippen LogP contribution is -2.34. The number of alkyl halides is 1. The van der Waals surface area contributed by atoms with E-state index in [0.29, 0.717) is 12.1 Å². The van der Waals surface area contributed by atoms with Crippen LogP contribution in [0.5, 0.6) is 5.75 Å². The van der Waals surface area contributed by atoms with Crippen molar-refractivity contribution in [2.24, 2.45) is 5.41 Å². The molecular formula is C12H16BrNO2. The molecule has 1 aromatic rings. The predicted molar refractivity (Wildman–Crippen MR) is 68.0 cm³/mol. The molecule has 0 spiro atoms. The lowest BCUT2D eigenvalue weighted by atomic mass is 9.97. The first kappa shape index (κ1) is 13.0. The molecule has 4 heteroatoms. The van der Waals surface area contributed by atoms with Crippen LogP contribution in [-0.4, -0.2) is 22.9 Å². The quantitative estimate of drug-likeness (QED) is 0.836. The summed E-state index contributed by atoms with van der Waals surface area (Å²) in [6.45, 7) is 4.66. The molecule has 1 amide bonds. The number of rotatable bonds is 4. The van der Waals surface area contributed by atoms with Crippen molar-refractivity contribution in [3.8, 4) is 5.75 Å². The average Bonchev–Trinajstić information content (AvgIpc) is 2.27. The SMILES string of the molecule is CC(C)(CBr)CNC(=O)c1ccccc1O. The smallest absolute Gasteiger partial charge is 0.255 e. The van der Waals surface area contributed by atoms with Crippen LogP contribution < -0.4 is 5.32 Å². The average molecular weight is 286 g/mol. The Morgan fingerprint density at radius 2 is 2.06 bits per heavy atom. The zero-order valence-corrected chi connectivity index (χ0v) is 11.0. The first-order chi connectivity index (χ1) is 7.46. The fraction of sp³-hybridized carbons (Fsp3) is 0.417. The summed E-state index contributed by atoms with van der Waals surface area (Å²) < 4.78 is 0. The van der Waals surface area contributed by atoms with Crippen LogP contribution in [-0.2, 0) is 0 Å². The first-order valence-corrected chi connectivity index (χ1v) is 6.20. The van der Waals surface area contributed by atoms with Crippen molar-refractivity contribution >= 4 is 21.8 Å². The van der Waals surface area contributed by atoms with E-state index in [9.17, 15) is 9.90 Å². The van der Waals surface area contributed by atoms with Crippen LogP contribution in [0.3, 0.4) is 0 Å². The summed E-state index contributed by atoms with van der Waals surface area (Å²) in [5, 5.41) is 13.1. The van der Waals surface area contributed by atoms with Gasteiger partial charge in [0.25, 0.3) is 5.91 Å². The molecule has 0 atom stereocenters. The van der Waals surface area contributed by atoms with E-state index in [0.717, 1.165) is 5.33 Å². The molecule has 0 aliphatic rings. The molecule has 0 aromatic heterocycles. The molecule has 0 fully saturated rings. The lowest BCUT2D eigenvalue weighted by Gasteiger charge is -2.21. The minimum Gasteiger partial charge on any atom is -0.507 e. The monoisotopic (exact) mass is 285 g/mol. The normalized spacial score (nSPS) is 11.2. The highest BCUT2D eigenvalue weighted by Gasteiger charge is 2.18. The van der Waals surface area contributed by atoms with E-state index in [1.54, 1.807) is 18.2 Å². The maximum Gasteiger partial charge on any atom is 0.255 e. The Morgan fingerprint density at radius 3 is 2.62 bits per heavy atom. The van der Waals surface area contributed by atoms with E-state index >= 15 is 0 Å². The van der Waals surface area contributed by atoms with Crippen LogP contribution >= 0.6 is 15.9 Å². The Balaban J connectivity index is 2.64. The minimum absolute atomic E-state index is 0.0000589. The van der Waals surface area contributed by atoms with Gasteiger partial charge in [0.05, 0.1) is 5.56 Å². The number of nitrogens with one attached hydrogen (secondary N) is 1. The molecule has 0 aliphatic carbocycles. The second-order valence-electron chi connectivity index (χ2n) is 4.50. The zero-order chi connectivity index (χ0) is 12.2. The molecule has 16 heavy (non-hydrogen) atoms. The number of aromatic hydroxyl groups is 1. The molecule has 0 bridgehead atoms. The third-order valence-corrected chi connectivity index (χ3v) is 3.76. The molecule has 1 rings (SSSR count). The highest BCUT2D eigenvalue weighted by Crippen LogP contribution is 2.18. The van der Waals surface area contributed by atoms with Gasteiger partial charge in [-0.3, -0.25) is 4.79 Å². The number of phenols is 1. The second-order valence-corrected chi connectivity index (χ2v) is 5.06. The van der Waals surface area contributed by atoms with Crippen molar-refractivity contribution < 1.29 is 9.90 Å². The molecule has 2 N–H and O–H groups in total. The summed E-state index contributed by atoms with van der Waals surface area (Å²) in [6.07, 6.45) is 0. The Kier molecular flexibility index (Phi) is 4.35. The number of carbonyl (C=O) groups excluding carboxylic acids is 1. The van der Waals surface area contributed by atoms with E-state index in [1.807, 2.05) is 13.8 Å². The van der Waals surface area contributed by atoms with E-state index in [-0.39, 0.29) is 17.1 Å². The topological polar surface area (TPSA) is 49.3 Å². The second kappa shape index (κ2) is 5.34. The molecule has 88 valence electrons. The fourth-order valence-corrected chi connectivity index (χ4v) is 1.33. The fourth-order valence-electron chi connectivity index (χ4n) is 1.13. The number of benzene rings is 1. The standard InChI is InChI=1S/C12H16BrNO2/c1-12(2,7-13)8-14-11(16)9-5-3-4-6-10(9)15/h3-6,15H,7-8H2,1-2H3,(H,14,16). The molecule has 0 saturated carbocycles. The minimum atomic E-state index is -0.243. The molecule has 0 aliphatic heterocycles. The van der Waals surface area contributed by atoms with Crippen LogP contribution in [0.25, 0.3) is 0 Å². The third-order valence-electron chi connectivity index (χ3n) is 2.24. The Hall–Kier alpha value is -1.03. The summed E-state index contributed by atoms with van der Waals surface area (Å²) in [6, 6.07) is 6.52. The van der Waals surface area contributed by atoms with Gasteiger partial charge in [-0.05, 0) is 17.5 Å². The molecule has 0 saturated heterocycles. The van der Waals surface area contributed by atoms with Gasteiger partial charge in [0.15, 0.2) is 0 Å². The van der Waals surface area contributed by atoms with Crippen LogP contribution in [0.4, 0.5) is 0 Å². The van der Waals surface area contributed by atoms with Gasteiger partial charge in [-0.2, -0.15) is 0 Å². The largest absolute Gasteiger partial charge is 0.507 e. The maximum atomic E-state index is 11.7. The number of amides is 1. The van der Waals surface area contributed by atoms with E-state index in [4.69, 9.17) is 0 Å². The van der Waals surface area contributed by atoms with Crippen LogP contribution in [0.1, 0.15) is 24.2 Å². The zero-order valence-electron chi connectivity index (χ0n) is 9.46.